The second-order valence-corrected chi connectivity index (χ2v) is 10.8. The molecule has 9 heteroatoms. The molecule has 0 fully saturated rings. The van der Waals surface area contributed by atoms with Crippen LogP contribution >= 0.6 is 0 Å². The largest absolute Gasteiger partial charge is 0.493 e. The minimum atomic E-state index is -0.999. The first-order valence-electron chi connectivity index (χ1n) is 13.4. The first-order valence-corrected chi connectivity index (χ1v) is 13.4. The Morgan fingerprint density at radius 3 is 2.34 bits per heavy atom. The smallest absolute Gasteiger partial charge is 0.258 e. The molecule has 208 valence electrons. The van der Waals surface area contributed by atoms with Crippen LogP contribution in [0.15, 0.2) is 71.7 Å². The molecule has 2 N–H and O–H groups in total. The molecule has 3 unspecified atom stereocenters. The predicted molar refractivity (Wildman–Crippen MR) is 154 cm³/mol. The van der Waals surface area contributed by atoms with E-state index in [4.69, 9.17) is 24.8 Å². The van der Waals surface area contributed by atoms with E-state index in [0.717, 1.165) is 28.6 Å². The van der Waals surface area contributed by atoms with Crippen LogP contribution in [0.1, 0.15) is 41.0 Å². The minimum Gasteiger partial charge on any atom is -0.493 e. The van der Waals surface area contributed by atoms with Crippen LogP contribution in [0.2, 0.25) is 0 Å². The molecule has 1 aromatic heterocycles. The van der Waals surface area contributed by atoms with Crippen LogP contribution in [0.5, 0.6) is 17.2 Å². The maximum absolute atomic E-state index is 13.5. The van der Waals surface area contributed by atoms with Gasteiger partial charge in [-0.15, -0.1) is 0 Å². The molecule has 41 heavy (non-hydrogen) atoms. The fraction of sp³-hybridized carbons (Fsp3) is 0.250. The van der Waals surface area contributed by atoms with Crippen molar-refractivity contribution >= 4 is 22.5 Å². The molecule has 1 aliphatic heterocycles. The van der Waals surface area contributed by atoms with Gasteiger partial charge in [0.25, 0.3) is 5.56 Å². The monoisotopic (exact) mass is 551 g/mol. The summed E-state index contributed by atoms with van der Waals surface area (Å²) in [7, 11) is 4.60. The zero-order valence-electron chi connectivity index (χ0n) is 23.1. The molecule has 3 atom stereocenters. The number of carbonyl (C=O) groups is 1. The van der Waals surface area contributed by atoms with Crippen molar-refractivity contribution in [1.82, 2.24) is 4.57 Å². The third-order valence-corrected chi connectivity index (χ3v) is 8.65. The number of benzene rings is 3. The molecule has 4 aromatic rings. The van der Waals surface area contributed by atoms with E-state index in [0.29, 0.717) is 34.4 Å². The van der Waals surface area contributed by atoms with Gasteiger partial charge in [-0.1, -0.05) is 18.2 Å². The normalized spacial score (nSPS) is 20.2. The van der Waals surface area contributed by atoms with Crippen molar-refractivity contribution in [3.8, 4) is 22.9 Å². The van der Waals surface area contributed by atoms with Gasteiger partial charge < -0.3 is 24.8 Å². The number of hydroxylamine groups is 1. The van der Waals surface area contributed by atoms with Crippen LogP contribution < -0.4 is 30.6 Å². The highest BCUT2D eigenvalue weighted by atomic mass is 16.7. The average molecular weight is 552 g/mol. The Morgan fingerprint density at radius 1 is 1.00 bits per heavy atom. The van der Waals surface area contributed by atoms with E-state index in [2.05, 4.69) is 6.07 Å². The Balaban J connectivity index is 1.29. The Morgan fingerprint density at radius 2 is 1.71 bits per heavy atom. The molecule has 3 aromatic carbocycles. The van der Waals surface area contributed by atoms with E-state index in [9.17, 15) is 9.59 Å². The number of methoxy groups -OCH3 is 3. The fourth-order valence-corrected chi connectivity index (χ4v) is 6.66. The molecule has 2 aliphatic carbocycles. The van der Waals surface area contributed by atoms with Crippen LogP contribution in [0.4, 0.5) is 5.69 Å². The molecule has 1 amide bonds. The van der Waals surface area contributed by atoms with Crippen LogP contribution in [0.3, 0.4) is 0 Å². The number of hydrogen-bond acceptors (Lipinski definition) is 7. The molecule has 3 aliphatic rings. The van der Waals surface area contributed by atoms with Gasteiger partial charge in [0.05, 0.1) is 38.5 Å². The quantitative estimate of drug-likeness (QED) is 0.348. The van der Waals surface area contributed by atoms with Crippen LogP contribution in [0.25, 0.3) is 16.6 Å². The number of nitrogens with two attached hydrogens (primary N) is 1. The predicted octanol–water partition coefficient (Wildman–Crippen LogP) is 4.31. The van der Waals surface area contributed by atoms with E-state index in [1.54, 1.807) is 27.8 Å². The Hall–Kier alpha value is -4.92. The third kappa shape index (κ3) is 3.48. The maximum atomic E-state index is 13.5. The van der Waals surface area contributed by atoms with Gasteiger partial charge >= 0.3 is 0 Å². The van der Waals surface area contributed by atoms with Crippen LogP contribution in [-0.4, -0.2) is 37.3 Å². The number of carbonyl (C=O) groups excluding carboxylic acids is 1. The first-order chi connectivity index (χ1) is 19.8. The van der Waals surface area contributed by atoms with Crippen molar-refractivity contribution in [3.05, 3.63) is 99.5 Å². The minimum absolute atomic E-state index is 0.00698. The summed E-state index contributed by atoms with van der Waals surface area (Å²) in [6, 6.07) is 17.1. The fourth-order valence-electron chi connectivity index (χ4n) is 6.66. The maximum Gasteiger partial charge on any atom is 0.258 e. The number of hydrogen-bond donors (Lipinski definition) is 1. The number of ether oxygens (including phenoxy) is 3. The van der Waals surface area contributed by atoms with Crippen LogP contribution in [-0.2, 0) is 16.1 Å². The van der Waals surface area contributed by atoms with Gasteiger partial charge in [0.2, 0.25) is 11.7 Å². The molecule has 2 bridgehead atoms. The van der Waals surface area contributed by atoms with Gasteiger partial charge in [-0.05, 0) is 60.4 Å². The van der Waals surface area contributed by atoms with E-state index in [1.165, 1.54) is 38.7 Å². The number of primary amides is 1. The Labute approximate surface area is 236 Å². The Kier molecular flexibility index (Phi) is 5.38. The van der Waals surface area contributed by atoms with Gasteiger partial charge in [0.15, 0.2) is 11.5 Å². The van der Waals surface area contributed by atoms with Gasteiger partial charge in [-0.25, -0.2) is 0 Å². The molecule has 2 heterocycles. The lowest BCUT2D eigenvalue weighted by Crippen LogP contribution is -2.50. The van der Waals surface area contributed by atoms with Crippen molar-refractivity contribution in [3.63, 3.8) is 0 Å². The zero-order valence-corrected chi connectivity index (χ0v) is 23.1. The summed E-state index contributed by atoms with van der Waals surface area (Å²) in [5.41, 5.74) is 11.5. The van der Waals surface area contributed by atoms with E-state index in [1.807, 2.05) is 43.3 Å². The number of anilines is 1. The molecular formula is C32H29N3O6. The van der Waals surface area contributed by atoms with Gasteiger partial charge in [-0.3, -0.25) is 14.2 Å². The lowest BCUT2D eigenvalue weighted by molar-refractivity contribution is -0.120. The molecule has 9 nitrogen and oxygen atoms in total. The molecule has 0 saturated carbocycles. The second-order valence-electron chi connectivity index (χ2n) is 10.8. The molecule has 0 saturated heterocycles. The molecule has 7 rings (SSSR count). The lowest BCUT2D eigenvalue weighted by Gasteiger charge is -2.39. The number of aromatic nitrogens is 1. The summed E-state index contributed by atoms with van der Waals surface area (Å²) < 4.78 is 18.3. The number of fused-ring (bicyclic) bond motifs is 2. The number of nitrogens with zero attached hydrogens (tertiary/aromatic N) is 2. The van der Waals surface area contributed by atoms with Gasteiger partial charge in [-0.2, -0.15) is 5.06 Å². The summed E-state index contributed by atoms with van der Waals surface area (Å²) in [5, 5.41) is 2.76. The first kappa shape index (κ1) is 25.1. The highest BCUT2D eigenvalue weighted by Crippen LogP contribution is 2.52. The number of amides is 1. The summed E-state index contributed by atoms with van der Waals surface area (Å²) in [4.78, 5) is 32.5. The summed E-state index contributed by atoms with van der Waals surface area (Å²) in [6.45, 7) is 1.88. The summed E-state index contributed by atoms with van der Waals surface area (Å²) in [6.07, 6.45) is 4.09. The van der Waals surface area contributed by atoms with E-state index < -0.39 is 17.4 Å². The number of rotatable bonds is 8. The molecule has 0 spiro atoms. The van der Waals surface area contributed by atoms with E-state index in [-0.39, 0.29) is 5.56 Å². The third-order valence-electron chi connectivity index (χ3n) is 8.65. The highest BCUT2D eigenvalue weighted by Gasteiger charge is 2.47. The lowest BCUT2D eigenvalue weighted by atomic mass is 9.79. The second kappa shape index (κ2) is 8.79. The van der Waals surface area contributed by atoms with Crippen molar-refractivity contribution < 1.29 is 23.8 Å². The SMILES string of the molecule is COc1cc(N2OC=CC2(C)C(C(N)=O)c2ccc(-n3c(=O)c4cc5c6c(ccc53)C6C4)cc2)cc(OC)c1OC. The van der Waals surface area contributed by atoms with Crippen molar-refractivity contribution in [1.29, 1.82) is 0 Å². The zero-order chi connectivity index (χ0) is 28.6. The number of pyridine rings is 1. The topological polar surface area (TPSA) is 105 Å². The highest BCUT2D eigenvalue weighted by molar-refractivity contribution is 5.93. The van der Waals surface area contributed by atoms with Gasteiger partial charge in [0, 0.05) is 34.7 Å². The van der Waals surface area contributed by atoms with Crippen molar-refractivity contribution in [2.75, 3.05) is 26.4 Å². The van der Waals surface area contributed by atoms with E-state index >= 15 is 0 Å². The van der Waals surface area contributed by atoms with Crippen molar-refractivity contribution in [2.24, 2.45) is 5.73 Å². The average Bonchev–Trinajstić information content (AvgIpc) is 3.54. The summed E-state index contributed by atoms with van der Waals surface area (Å²) >= 11 is 0. The molecule has 0 radical (unpaired) electrons. The molecular weight excluding hydrogens is 522 g/mol. The van der Waals surface area contributed by atoms with Gasteiger partial charge in [0.1, 0.15) is 11.8 Å². The van der Waals surface area contributed by atoms with Crippen molar-refractivity contribution in [2.45, 2.75) is 30.7 Å². The standard InChI is InChI=1S/C32H29N3O6/c1-32(11-12-41-35(32)20-15-25(38-2)29(40-4)26(16-20)39-3)28(30(33)36)17-5-7-19(8-6-17)34-24-10-9-21-22-13-18(31(34)37)14-23(24)27(21)22/h5-12,14-16,22,28H,13H2,1-4H3,(H2,33,36). The summed E-state index contributed by atoms with van der Waals surface area (Å²) in [5.74, 6) is 0.401. The Bertz CT molecular complexity index is 1820. The van der Waals surface area contributed by atoms with Crippen LogP contribution in [0, 0.1) is 0 Å².